The standard InChI is InChI=1S/C14H19BrN4/c1-3-19-11(8-10(2)18-19)9-14(17-16)12-6-4-5-7-13(12)15/h4-8,14,17H,3,9,16H2,1-2H3. The van der Waals surface area contributed by atoms with Gasteiger partial charge in [0.25, 0.3) is 0 Å². The highest BCUT2D eigenvalue weighted by Crippen LogP contribution is 2.25. The molecular weight excluding hydrogens is 304 g/mol. The minimum absolute atomic E-state index is 0.0666. The second-order valence-electron chi connectivity index (χ2n) is 4.54. The first-order valence-corrected chi connectivity index (χ1v) is 7.19. The summed E-state index contributed by atoms with van der Waals surface area (Å²) in [7, 11) is 0. The number of hydrazine groups is 1. The number of nitrogens with two attached hydrogens (primary N) is 1. The number of hydrogen-bond donors (Lipinski definition) is 2. The van der Waals surface area contributed by atoms with E-state index in [0.717, 1.165) is 28.7 Å². The van der Waals surface area contributed by atoms with Crippen LogP contribution < -0.4 is 11.3 Å². The lowest BCUT2D eigenvalue weighted by Crippen LogP contribution is -2.30. The Balaban J connectivity index is 2.26. The van der Waals surface area contributed by atoms with Gasteiger partial charge in [-0.15, -0.1) is 0 Å². The number of nitrogens with zero attached hydrogens (tertiary/aromatic N) is 2. The maximum atomic E-state index is 5.72. The molecule has 1 unspecified atom stereocenters. The second kappa shape index (κ2) is 6.32. The number of benzene rings is 1. The molecule has 102 valence electrons. The van der Waals surface area contributed by atoms with E-state index in [0.29, 0.717) is 0 Å². The third-order valence-corrected chi connectivity index (χ3v) is 3.90. The molecule has 0 aliphatic heterocycles. The van der Waals surface area contributed by atoms with Crippen LogP contribution in [-0.2, 0) is 13.0 Å². The van der Waals surface area contributed by atoms with E-state index in [-0.39, 0.29) is 6.04 Å². The predicted molar refractivity (Wildman–Crippen MR) is 80.5 cm³/mol. The van der Waals surface area contributed by atoms with Gasteiger partial charge in [0.15, 0.2) is 0 Å². The number of aryl methyl sites for hydroxylation is 2. The average Bonchev–Trinajstić information content (AvgIpc) is 2.77. The van der Waals surface area contributed by atoms with Gasteiger partial charge in [-0.25, -0.2) is 0 Å². The highest BCUT2D eigenvalue weighted by molar-refractivity contribution is 9.10. The van der Waals surface area contributed by atoms with Gasteiger partial charge in [0.1, 0.15) is 0 Å². The van der Waals surface area contributed by atoms with Gasteiger partial charge < -0.3 is 0 Å². The zero-order chi connectivity index (χ0) is 13.8. The summed E-state index contributed by atoms with van der Waals surface area (Å²) < 4.78 is 3.09. The lowest BCUT2D eigenvalue weighted by molar-refractivity contribution is 0.515. The number of rotatable bonds is 5. The molecule has 2 rings (SSSR count). The van der Waals surface area contributed by atoms with Crippen LogP contribution >= 0.6 is 15.9 Å². The van der Waals surface area contributed by atoms with Crippen LogP contribution in [0, 0.1) is 6.92 Å². The van der Waals surface area contributed by atoms with Crippen LogP contribution in [0.3, 0.4) is 0 Å². The van der Waals surface area contributed by atoms with Gasteiger partial charge in [0, 0.05) is 23.1 Å². The van der Waals surface area contributed by atoms with E-state index in [2.05, 4.69) is 45.5 Å². The average molecular weight is 323 g/mol. The molecule has 0 saturated heterocycles. The van der Waals surface area contributed by atoms with Crippen molar-refractivity contribution in [1.82, 2.24) is 15.2 Å². The summed E-state index contributed by atoms with van der Waals surface area (Å²) in [6, 6.07) is 10.3. The van der Waals surface area contributed by atoms with E-state index in [9.17, 15) is 0 Å². The number of nitrogens with one attached hydrogen (secondary N) is 1. The maximum absolute atomic E-state index is 5.72. The van der Waals surface area contributed by atoms with Crippen LogP contribution in [-0.4, -0.2) is 9.78 Å². The molecule has 3 N–H and O–H groups in total. The molecule has 1 heterocycles. The lowest BCUT2D eigenvalue weighted by Gasteiger charge is -2.18. The van der Waals surface area contributed by atoms with Crippen LogP contribution in [0.5, 0.6) is 0 Å². The molecule has 0 spiro atoms. The van der Waals surface area contributed by atoms with Crippen LogP contribution in [0.25, 0.3) is 0 Å². The summed E-state index contributed by atoms with van der Waals surface area (Å²) in [5.74, 6) is 5.72. The Morgan fingerprint density at radius 3 is 2.79 bits per heavy atom. The number of halogens is 1. The quantitative estimate of drug-likeness (QED) is 0.657. The highest BCUT2D eigenvalue weighted by atomic mass is 79.9. The predicted octanol–water partition coefficient (Wildman–Crippen LogP) is 2.72. The van der Waals surface area contributed by atoms with Crippen molar-refractivity contribution in [2.24, 2.45) is 5.84 Å². The molecule has 2 aromatic rings. The largest absolute Gasteiger partial charge is 0.271 e. The molecule has 0 aliphatic carbocycles. The van der Waals surface area contributed by atoms with Crippen molar-refractivity contribution < 1.29 is 0 Å². The van der Waals surface area contributed by atoms with E-state index in [4.69, 9.17) is 5.84 Å². The molecule has 0 bridgehead atoms. The molecule has 1 atom stereocenters. The smallest absolute Gasteiger partial charge is 0.0596 e. The van der Waals surface area contributed by atoms with E-state index in [1.165, 1.54) is 5.69 Å². The summed E-state index contributed by atoms with van der Waals surface area (Å²) >= 11 is 3.57. The molecule has 1 aromatic carbocycles. The Labute approximate surface area is 122 Å². The van der Waals surface area contributed by atoms with Gasteiger partial charge in [-0.05, 0) is 31.5 Å². The van der Waals surface area contributed by atoms with E-state index in [1.54, 1.807) is 0 Å². The monoisotopic (exact) mass is 322 g/mol. The Bertz CT molecular complexity index is 550. The third-order valence-electron chi connectivity index (χ3n) is 3.18. The van der Waals surface area contributed by atoms with E-state index < -0.39 is 0 Å². The molecule has 0 amide bonds. The second-order valence-corrected chi connectivity index (χ2v) is 5.39. The van der Waals surface area contributed by atoms with Crippen molar-refractivity contribution in [2.45, 2.75) is 32.9 Å². The fourth-order valence-electron chi connectivity index (χ4n) is 2.26. The van der Waals surface area contributed by atoms with Gasteiger partial charge >= 0.3 is 0 Å². The van der Waals surface area contributed by atoms with Crippen LogP contribution in [0.1, 0.15) is 29.9 Å². The van der Waals surface area contributed by atoms with Crippen LogP contribution in [0.15, 0.2) is 34.8 Å². The first-order valence-electron chi connectivity index (χ1n) is 6.39. The summed E-state index contributed by atoms with van der Waals surface area (Å²) in [5.41, 5.74) is 6.29. The minimum atomic E-state index is 0.0666. The van der Waals surface area contributed by atoms with Gasteiger partial charge in [-0.2, -0.15) is 5.10 Å². The number of aromatic nitrogens is 2. The summed E-state index contributed by atoms with van der Waals surface area (Å²) in [6.45, 7) is 4.98. The Kier molecular flexibility index (Phi) is 4.74. The normalized spacial score (nSPS) is 12.6. The van der Waals surface area contributed by atoms with E-state index in [1.807, 2.05) is 29.8 Å². The maximum Gasteiger partial charge on any atom is 0.0596 e. The van der Waals surface area contributed by atoms with Crippen molar-refractivity contribution in [3.8, 4) is 0 Å². The molecule has 19 heavy (non-hydrogen) atoms. The van der Waals surface area contributed by atoms with Crippen LogP contribution in [0.4, 0.5) is 0 Å². The zero-order valence-electron chi connectivity index (χ0n) is 11.2. The topological polar surface area (TPSA) is 55.9 Å². The minimum Gasteiger partial charge on any atom is -0.271 e. The SMILES string of the molecule is CCn1nc(C)cc1CC(NN)c1ccccc1Br. The first kappa shape index (κ1) is 14.2. The Morgan fingerprint density at radius 1 is 1.42 bits per heavy atom. The van der Waals surface area contributed by atoms with Crippen molar-refractivity contribution in [2.75, 3.05) is 0 Å². The molecule has 1 aromatic heterocycles. The van der Waals surface area contributed by atoms with E-state index >= 15 is 0 Å². The molecule has 0 radical (unpaired) electrons. The fourth-order valence-corrected chi connectivity index (χ4v) is 2.82. The van der Waals surface area contributed by atoms with Crippen molar-refractivity contribution in [1.29, 1.82) is 0 Å². The van der Waals surface area contributed by atoms with Gasteiger partial charge in [0.2, 0.25) is 0 Å². The molecule has 4 nitrogen and oxygen atoms in total. The summed E-state index contributed by atoms with van der Waals surface area (Å²) in [6.07, 6.45) is 0.813. The molecular formula is C14H19BrN4. The molecule has 0 fully saturated rings. The third kappa shape index (κ3) is 3.23. The molecule has 0 aliphatic rings. The Hall–Kier alpha value is -1.17. The lowest BCUT2D eigenvalue weighted by atomic mass is 10.0. The van der Waals surface area contributed by atoms with Crippen LogP contribution in [0.2, 0.25) is 0 Å². The summed E-state index contributed by atoms with van der Waals surface area (Å²) in [5, 5.41) is 4.47. The first-order chi connectivity index (χ1) is 9.15. The highest BCUT2D eigenvalue weighted by Gasteiger charge is 2.16. The van der Waals surface area contributed by atoms with Crippen molar-refractivity contribution >= 4 is 15.9 Å². The molecule has 0 saturated carbocycles. The van der Waals surface area contributed by atoms with Crippen molar-refractivity contribution in [3.05, 3.63) is 51.8 Å². The zero-order valence-corrected chi connectivity index (χ0v) is 12.8. The van der Waals surface area contributed by atoms with Gasteiger partial charge in [-0.3, -0.25) is 16.0 Å². The van der Waals surface area contributed by atoms with Gasteiger partial charge in [-0.1, -0.05) is 34.1 Å². The summed E-state index contributed by atoms with van der Waals surface area (Å²) in [4.78, 5) is 0. The molecule has 5 heteroatoms. The number of hydrogen-bond acceptors (Lipinski definition) is 3. The fraction of sp³-hybridized carbons (Fsp3) is 0.357. The van der Waals surface area contributed by atoms with Crippen molar-refractivity contribution in [3.63, 3.8) is 0 Å². The Morgan fingerprint density at radius 2 is 2.16 bits per heavy atom. The van der Waals surface area contributed by atoms with Gasteiger partial charge in [0.05, 0.1) is 11.7 Å².